The largest absolute Gasteiger partial charge is 0.381 e. The van der Waals surface area contributed by atoms with Crippen LogP contribution in [0.4, 0.5) is 0 Å². The predicted molar refractivity (Wildman–Crippen MR) is 50.3 cm³/mol. The molecule has 0 atom stereocenters. The monoisotopic (exact) mass is 186 g/mol. The Morgan fingerprint density at radius 2 is 2.15 bits per heavy atom. The molecule has 13 heavy (non-hydrogen) atoms. The summed E-state index contributed by atoms with van der Waals surface area (Å²) in [6.45, 7) is 4.38. The van der Waals surface area contributed by atoms with Gasteiger partial charge in [0.15, 0.2) is 0 Å². The summed E-state index contributed by atoms with van der Waals surface area (Å²) in [5.41, 5.74) is 5.33. The Labute approximate surface area is 79.0 Å². The summed E-state index contributed by atoms with van der Waals surface area (Å²) in [7, 11) is 0. The molecule has 0 saturated carbocycles. The van der Waals surface area contributed by atoms with Crippen LogP contribution in [0.25, 0.3) is 0 Å². The Morgan fingerprint density at radius 3 is 2.62 bits per heavy atom. The van der Waals surface area contributed by atoms with Crippen LogP contribution in [-0.2, 0) is 9.53 Å². The van der Waals surface area contributed by atoms with Crippen LogP contribution in [0.3, 0.4) is 0 Å². The third kappa shape index (κ3) is 2.67. The van der Waals surface area contributed by atoms with Gasteiger partial charge in [0, 0.05) is 25.8 Å². The zero-order chi connectivity index (χ0) is 9.68. The van der Waals surface area contributed by atoms with E-state index in [1.807, 2.05) is 11.8 Å². The number of carbonyl (C=O) groups is 1. The van der Waals surface area contributed by atoms with Crippen molar-refractivity contribution in [2.75, 3.05) is 26.3 Å². The molecule has 1 rings (SSSR count). The minimum absolute atomic E-state index is 0.0504. The van der Waals surface area contributed by atoms with Gasteiger partial charge in [-0.05, 0) is 19.8 Å². The fraction of sp³-hybridized carbons (Fsp3) is 0.889. The van der Waals surface area contributed by atoms with Gasteiger partial charge in [0.25, 0.3) is 0 Å². The molecule has 0 bridgehead atoms. The lowest BCUT2D eigenvalue weighted by atomic mass is 10.1. The topological polar surface area (TPSA) is 55.6 Å². The summed E-state index contributed by atoms with van der Waals surface area (Å²) in [6, 6.07) is 0.342. The minimum atomic E-state index is 0.0504. The molecule has 4 heteroatoms. The average Bonchev–Trinajstić information content (AvgIpc) is 2.20. The van der Waals surface area contributed by atoms with Crippen molar-refractivity contribution in [2.45, 2.75) is 25.8 Å². The molecule has 0 spiro atoms. The highest BCUT2D eigenvalue weighted by Crippen LogP contribution is 2.13. The van der Waals surface area contributed by atoms with Crippen LogP contribution in [0.5, 0.6) is 0 Å². The lowest BCUT2D eigenvalue weighted by molar-refractivity contribution is -0.133. The number of nitrogens with two attached hydrogens (primary N) is 1. The number of likely N-dealkylation sites (N-methyl/N-ethyl adjacent to an activating group) is 1. The number of carbonyl (C=O) groups excluding carboxylic acids is 1. The zero-order valence-electron chi connectivity index (χ0n) is 8.16. The summed E-state index contributed by atoms with van der Waals surface area (Å²) in [5.74, 6) is 0.0504. The zero-order valence-corrected chi connectivity index (χ0v) is 8.16. The number of rotatable bonds is 3. The first-order valence-electron chi connectivity index (χ1n) is 4.86. The molecule has 1 fully saturated rings. The molecule has 1 saturated heterocycles. The number of hydrogen-bond acceptors (Lipinski definition) is 3. The highest BCUT2D eigenvalue weighted by Gasteiger charge is 2.23. The predicted octanol–water partition coefficient (Wildman–Crippen LogP) is -0.0274. The van der Waals surface area contributed by atoms with Gasteiger partial charge >= 0.3 is 0 Å². The van der Waals surface area contributed by atoms with Gasteiger partial charge in [0.1, 0.15) is 0 Å². The van der Waals surface area contributed by atoms with Crippen LogP contribution in [0.2, 0.25) is 0 Å². The Bertz CT molecular complexity index is 167. The Kier molecular flexibility index (Phi) is 4.18. The Hall–Kier alpha value is -0.610. The van der Waals surface area contributed by atoms with Crippen LogP contribution < -0.4 is 5.73 Å². The van der Waals surface area contributed by atoms with E-state index in [0.717, 1.165) is 32.6 Å². The molecule has 1 amide bonds. The molecule has 2 N–H and O–H groups in total. The van der Waals surface area contributed by atoms with Crippen molar-refractivity contribution in [2.24, 2.45) is 5.73 Å². The highest BCUT2D eigenvalue weighted by atomic mass is 16.5. The summed E-state index contributed by atoms with van der Waals surface area (Å²) in [6.07, 6.45) is 1.89. The van der Waals surface area contributed by atoms with Gasteiger partial charge in [0.05, 0.1) is 6.54 Å². The van der Waals surface area contributed by atoms with Gasteiger partial charge in [-0.2, -0.15) is 0 Å². The molecule has 4 nitrogen and oxygen atoms in total. The third-order valence-electron chi connectivity index (χ3n) is 2.47. The van der Waals surface area contributed by atoms with E-state index in [1.165, 1.54) is 0 Å². The van der Waals surface area contributed by atoms with Crippen molar-refractivity contribution in [1.29, 1.82) is 0 Å². The van der Waals surface area contributed by atoms with Crippen molar-refractivity contribution in [3.8, 4) is 0 Å². The molecule has 0 aromatic carbocycles. The van der Waals surface area contributed by atoms with Crippen LogP contribution in [0, 0.1) is 0 Å². The molecular weight excluding hydrogens is 168 g/mol. The number of hydrogen-bond donors (Lipinski definition) is 1. The highest BCUT2D eigenvalue weighted by molar-refractivity contribution is 5.78. The van der Waals surface area contributed by atoms with Crippen molar-refractivity contribution in [3.05, 3.63) is 0 Å². The Balaban J connectivity index is 2.48. The SMILES string of the molecule is CCN(C(=O)CN)C1CCOCC1. The smallest absolute Gasteiger partial charge is 0.236 e. The van der Waals surface area contributed by atoms with E-state index in [9.17, 15) is 4.79 Å². The molecule has 0 aliphatic carbocycles. The lowest BCUT2D eigenvalue weighted by Crippen LogP contribution is -2.45. The van der Waals surface area contributed by atoms with Crippen LogP contribution in [0.15, 0.2) is 0 Å². The van der Waals surface area contributed by atoms with Gasteiger partial charge in [-0.1, -0.05) is 0 Å². The van der Waals surface area contributed by atoms with E-state index in [4.69, 9.17) is 10.5 Å². The molecule has 1 heterocycles. The molecule has 0 aromatic heterocycles. The average molecular weight is 186 g/mol. The van der Waals surface area contributed by atoms with Crippen molar-refractivity contribution >= 4 is 5.91 Å². The van der Waals surface area contributed by atoms with Crippen LogP contribution >= 0.6 is 0 Å². The lowest BCUT2D eigenvalue weighted by Gasteiger charge is -2.33. The maximum absolute atomic E-state index is 11.4. The van der Waals surface area contributed by atoms with Crippen LogP contribution in [0.1, 0.15) is 19.8 Å². The fourth-order valence-electron chi connectivity index (χ4n) is 1.75. The van der Waals surface area contributed by atoms with Gasteiger partial charge < -0.3 is 15.4 Å². The fourth-order valence-corrected chi connectivity index (χ4v) is 1.75. The first-order valence-corrected chi connectivity index (χ1v) is 4.86. The van der Waals surface area contributed by atoms with Gasteiger partial charge in [-0.25, -0.2) is 0 Å². The number of nitrogens with zero attached hydrogens (tertiary/aromatic N) is 1. The normalized spacial score (nSPS) is 18.6. The van der Waals surface area contributed by atoms with Gasteiger partial charge in [-0.3, -0.25) is 4.79 Å². The molecule has 1 aliphatic heterocycles. The summed E-state index contributed by atoms with van der Waals surface area (Å²) in [4.78, 5) is 13.3. The summed E-state index contributed by atoms with van der Waals surface area (Å²) >= 11 is 0. The molecular formula is C9H18N2O2. The van der Waals surface area contributed by atoms with Crippen molar-refractivity contribution < 1.29 is 9.53 Å². The van der Waals surface area contributed by atoms with Gasteiger partial charge in [0.2, 0.25) is 5.91 Å². The minimum Gasteiger partial charge on any atom is -0.381 e. The first kappa shape index (κ1) is 10.5. The van der Waals surface area contributed by atoms with Crippen molar-refractivity contribution in [1.82, 2.24) is 4.90 Å². The first-order chi connectivity index (χ1) is 6.29. The summed E-state index contributed by atoms with van der Waals surface area (Å²) in [5, 5.41) is 0. The summed E-state index contributed by atoms with van der Waals surface area (Å²) < 4.78 is 5.24. The number of ether oxygens (including phenoxy) is 1. The second-order valence-corrected chi connectivity index (χ2v) is 3.23. The van der Waals surface area contributed by atoms with E-state index in [2.05, 4.69) is 0 Å². The second-order valence-electron chi connectivity index (χ2n) is 3.23. The van der Waals surface area contributed by atoms with Crippen molar-refractivity contribution in [3.63, 3.8) is 0 Å². The van der Waals surface area contributed by atoms with E-state index in [0.29, 0.717) is 6.04 Å². The molecule has 76 valence electrons. The van der Waals surface area contributed by atoms with E-state index in [1.54, 1.807) is 0 Å². The van der Waals surface area contributed by atoms with Crippen LogP contribution in [-0.4, -0.2) is 43.2 Å². The standard InChI is InChI=1S/C9H18N2O2/c1-2-11(9(12)7-10)8-3-5-13-6-4-8/h8H,2-7,10H2,1H3. The molecule has 0 aromatic rings. The third-order valence-corrected chi connectivity index (χ3v) is 2.47. The molecule has 0 unspecified atom stereocenters. The number of amides is 1. The van der Waals surface area contributed by atoms with Gasteiger partial charge in [-0.15, -0.1) is 0 Å². The maximum atomic E-state index is 11.4. The quantitative estimate of drug-likeness (QED) is 0.673. The Morgan fingerprint density at radius 1 is 1.54 bits per heavy atom. The molecule has 0 radical (unpaired) electrons. The molecule has 1 aliphatic rings. The van der Waals surface area contributed by atoms with E-state index in [-0.39, 0.29) is 12.5 Å². The van der Waals surface area contributed by atoms with E-state index < -0.39 is 0 Å². The second kappa shape index (κ2) is 5.19. The van der Waals surface area contributed by atoms with E-state index >= 15 is 0 Å². The maximum Gasteiger partial charge on any atom is 0.236 e.